The largest absolute Gasteiger partial charge is 0.495 e. The van der Waals surface area contributed by atoms with Gasteiger partial charge in [0, 0.05) is 11.8 Å². The molecule has 0 atom stereocenters. The van der Waals surface area contributed by atoms with Gasteiger partial charge >= 0.3 is 0 Å². The number of methoxy groups -OCH3 is 2. The van der Waals surface area contributed by atoms with E-state index in [0.29, 0.717) is 45.5 Å². The van der Waals surface area contributed by atoms with Gasteiger partial charge in [0.25, 0.3) is 0 Å². The van der Waals surface area contributed by atoms with Crippen molar-refractivity contribution >= 4 is 40.3 Å². The first-order valence-electron chi connectivity index (χ1n) is 9.09. The summed E-state index contributed by atoms with van der Waals surface area (Å²) < 4.78 is 10.6. The van der Waals surface area contributed by atoms with Crippen LogP contribution >= 0.6 is 11.6 Å². The highest BCUT2D eigenvalue weighted by Gasteiger charge is 2.14. The Bertz CT molecular complexity index is 993. The van der Waals surface area contributed by atoms with Crippen LogP contribution in [0.4, 0.5) is 28.7 Å². The molecule has 0 saturated heterocycles. The zero-order valence-corrected chi connectivity index (χ0v) is 17.5. The molecule has 4 N–H and O–H groups in total. The van der Waals surface area contributed by atoms with E-state index >= 15 is 0 Å². The summed E-state index contributed by atoms with van der Waals surface area (Å²) in [5, 5.41) is 6.82. The Morgan fingerprint density at radius 2 is 1.55 bits per heavy atom. The molecule has 3 aromatic rings. The molecule has 0 aliphatic carbocycles. The summed E-state index contributed by atoms with van der Waals surface area (Å²) in [5.74, 6) is 2.45. The maximum atomic E-state index is 6.29. The Morgan fingerprint density at radius 1 is 0.931 bits per heavy atom. The first-order chi connectivity index (χ1) is 13.9. The van der Waals surface area contributed by atoms with Crippen molar-refractivity contribution in [3.63, 3.8) is 0 Å². The van der Waals surface area contributed by atoms with E-state index in [0.717, 1.165) is 5.69 Å². The minimum absolute atomic E-state index is 0.370. The van der Waals surface area contributed by atoms with Crippen molar-refractivity contribution in [1.82, 2.24) is 9.97 Å². The third kappa shape index (κ3) is 4.63. The van der Waals surface area contributed by atoms with Gasteiger partial charge in [-0.15, -0.1) is 0 Å². The predicted octanol–water partition coefficient (Wildman–Crippen LogP) is 5.34. The molecule has 0 aliphatic heterocycles. The number of nitrogens with zero attached hydrogens (tertiary/aromatic N) is 2. The molecule has 152 valence electrons. The number of hydrogen-bond donors (Lipinski definition) is 3. The Labute approximate surface area is 175 Å². The van der Waals surface area contributed by atoms with Gasteiger partial charge in [-0.3, -0.25) is 0 Å². The fraction of sp³-hybridized carbons (Fsp3) is 0.238. The molecule has 3 rings (SSSR count). The Hall–Kier alpha value is -3.19. The molecule has 7 nitrogen and oxygen atoms in total. The smallest absolute Gasteiger partial charge is 0.159 e. The maximum Gasteiger partial charge on any atom is 0.159 e. The van der Waals surface area contributed by atoms with Gasteiger partial charge in [0.05, 0.1) is 24.9 Å². The van der Waals surface area contributed by atoms with E-state index in [1.54, 1.807) is 26.4 Å². The molecule has 0 fully saturated rings. The molecule has 0 saturated carbocycles. The lowest BCUT2D eigenvalue weighted by Crippen LogP contribution is -2.06. The van der Waals surface area contributed by atoms with Crippen molar-refractivity contribution in [2.45, 2.75) is 19.8 Å². The number of anilines is 5. The number of hydrogen-bond acceptors (Lipinski definition) is 7. The number of rotatable bonds is 7. The van der Waals surface area contributed by atoms with E-state index in [1.165, 1.54) is 11.9 Å². The SMILES string of the molecule is COc1cc(OC)c(Nc2ncnc(Nc3ccc(C(C)C)cc3)c2N)cc1Cl. The maximum absolute atomic E-state index is 6.29. The van der Waals surface area contributed by atoms with Crippen molar-refractivity contribution in [2.24, 2.45) is 0 Å². The first kappa shape index (κ1) is 20.5. The van der Waals surface area contributed by atoms with E-state index in [9.17, 15) is 0 Å². The molecule has 2 aromatic carbocycles. The van der Waals surface area contributed by atoms with Crippen molar-refractivity contribution < 1.29 is 9.47 Å². The fourth-order valence-electron chi connectivity index (χ4n) is 2.77. The van der Waals surface area contributed by atoms with Crippen LogP contribution in [0.15, 0.2) is 42.7 Å². The number of nitrogens with one attached hydrogen (secondary N) is 2. The number of ether oxygens (including phenoxy) is 2. The lowest BCUT2D eigenvalue weighted by Gasteiger charge is -2.16. The topological polar surface area (TPSA) is 94.3 Å². The van der Waals surface area contributed by atoms with Gasteiger partial charge in [-0.1, -0.05) is 37.6 Å². The second-order valence-electron chi connectivity index (χ2n) is 6.70. The third-order valence-corrected chi connectivity index (χ3v) is 4.75. The van der Waals surface area contributed by atoms with Crippen LogP contribution in [0.25, 0.3) is 0 Å². The van der Waals surface area contributed by atoms with Crippen LogP contribution < -0.4 is 25.8 Å². The summed E-state index contributed by atoms with van der Waals surface area (Å²) in [4.78, 5) is 8.50. The standard InChI is InChI=1S/C21H24ClN5O2/c1-12(2)13-5-7-14(8-6-13)26-20-19(23)21(25-11-24-20)27-16-9-15(22)17(28-3)10-18(16)29-4/h5-12H,23H2,1-4H3,(H2,24,25,26,27). The van der Waals surface area contributed by atoms with Crippen LogP contribution in [0.5, 0.6) is 11.5 Å². The minimum Gasteiger partial charge on any atom is -0.495 e. The number of benzene rings is 2. The van der Waals surface area contributed by atoms with Crippen molar-refractivity contribution in [2.75, 3.05) is 30.6 Å². The van der Waals surface area contributed by atoms with Crippen LogP contribution in [-0.4, -0.2) is 24.2 Å². The lowest BCUT2D eigenvalue weighted by atomic mass is 10.0. The molecule has 0 unspecified atom stereocenters. The molecule has 0 amide bonds. The van der Waals surface area contributed by atoms with Crippen LogP contribution in [0.1, 0.15) is 25.3 Å². The molecule has 29 heavy (non-hydrogen) atoms. The molecule has 8 heteroatoms. The highest BCUT2D eigenvalue weighted by molar-refractivity contribution is 6.32. The van der Waals surface area contributed by atoms with Crippen LogP contribution in [0, 0.1) is 0 Å². The van der Waals surface area contributed by atoms with E-state index in [4.69, 9.17) is 26.8 Å². The second-order valence-corrected chi connectivity index (χ2v) is 7.11. The summed E-state index contributed by atoms with van der Waals surface area (Å²) in [5.41, 5.74) is 9.42. The first-order valence-corrected chi connectivity index (χ1v) is 9.46. The highest BCUT2D eigenvalue weighted by atomic mass is 35.5. The van der Waals surface area contributed by atoms with E-state index in [-0.39, 0.29) is 0 Å². The number of nitrogens with two attached hydrogens (primary N) is 1. The average molecular weight is 414 g/mol. The molecular formula is C21H24ClN5O2. The van der Waals surface area contributed by atoms with Crippen LogP contribution in [0.2, 0.25) is 5.02 Å². The summed E-state index contributed by atoms with van der Waals surface area (Å²) in [6.07, 6.45) is 1.43. The molecular weight excluding hydrogens is 390 g/mol. The molecule has 0 spiro atoms. The lowest BCUT2D eigenvalue weighted by molar-refractivity contribution is 0.396. The van der Waals surface area contributed by atoms with E-state index in [2.05, 4.69) is 46.6 Å². The van der Waals surface area contributed by atoms with Crippen molar-refractivity contribution in [3.8, 4) is 11.5 Å². The van der Waals surface area contributed by atoms with Gasteiger partial charge < -0.3 is 25.8 Å². The number of halogens is 1. The van der Waals surface area contributed by atoms with Gasteiger partial charge in [0.15, 0.2) is 11.6 Å². The minimum atomic E-state index is 0.370. The molecule has 1 heterocycles. The summed E-state index contributed by atoms with van der Waals surface area (Å²) in [7, 11) is 3.10. The zero-order chi connectivity index (χ0) is 21.0. The monoisotopic (exact) mass is 413 g/mol. The Balaban J connectivity index is 1.86. The predicted molar refractivity (Wildman–Crippen MR) is 118 cm³/mol. The zero-order valence-electron chi connectivity index (χ0n) is 16.8. The number of aromatic nitrogens is 2. The summed E-state index contributed by atoms with van der Waals surface area (Å²) in [6, 6.07) is 11.5. The normalized spacial score (nSPS) is 10.7. The molecule has 0 aliphatic rings. The number of nitrogen functional groups attached to an aromatic ring is 1. The summed E-state index contributed by atoms with van der Waals surface area (Å²) >= 11 is 6.24. The average Bonchev–Trinajstić information content (AvgIpc) is 2.71. The summed E-state index contributed by atoms with van der Waals surface area (Å²) in [6.45, 7) is 4.31. The van der Waals surface area contributed by atoms with E-state index in [1.807, 2.05) is 12.1 Å². The van der Waals surface area contributed by atoms with Gasteiger partial charge in [-0.2, -0.15) is 0 Å². The molecule has 1 aromatic heterocycles. The highest BCUT2D eigenvalue weighted by Crippen LogP contribution is 2.38. The van der Waals surface area contributed by atoms with Crippen molar-refractivity contribution in [3.05, 3.63) is 53.3 Å². The van der Waals surface area contributed by atoms with Crippen LogP contribution in [0.3, 0.4) is 0 Å². The van der Waals surface area contributed by atoms with Crippen LogP contribution in [-0.2, 0) is 0 Å². The van der Waals surface area contributed by atoms with Gasteiger partial charge in [0.1, 0.15) is 23.5 Å². The third-order valence-electron chi connectivity index (χ3n) is 4.45. The Kier molecular flexibility index (Phi) is 6.29. The van der Waals surface area contributed by atoms with Gasteiger partial charge in [0.2, 0.25) is 0 Å². The molecule has 0 bridgehead atoms. The Morgan fingerprint density at radius 3 is 2.14 bits per heavy atom. The van der Waals surface area contributed by atoms with Gasteiger partial charge in [-0.05, 0) is 29.7 Å². The molecule has 0 radical (unpaired) electrons. The van der Waals surface area contributed by atoms with Gasteiger partial charge in [-0.25, -0.2) is 9.97 Å². The quantitative estimate of drug-likeness (QED) is 0.481. The second kappa shape index (κ2) is 8.87. The fourth-order valence-corrected chi connectivity index (χ4v) is 3.01. The van der Waals surface area contributed by atoms with E-state index < -0.39 is 0 Å². The van der Waals surface area contributed by atoms with Crippen molar-refractivity contribution in [1.29, 1.82) is 0 Å².